The molecule has 2 aromatic carbocycles. The second-order valence-corrected chi connectivity index (χ2v) is 9.17. The molecule has 1 fully saturated rings. The van der Waals surface area contributed by atoms with Crippen molar-refractivity contribution in [1.82, 2.24) is 5.32 Å². The molecule has 6 nitrogen and oxygen atoms in total. The van der Waals surface area contributed by atoms with E-state index in [-0.39, 0.29) is 27.5 Å². The van der Waals surface area contributed by atoms with Gasteiger partial charge in [0.25, 0.3) is 15.9 Å². The Morgan fingerprint density at radius 2 is 1.96 bits per heavy atom. The number of halogens is 1. The predicted octanol–water partition coefficient (Wildman–Crippen LogP) is 3.38. The Morgan fingerprint density at radius 1 is 1.25 bits per heavy atom. The standard InChI is InChI=1S/C20H23ClN2O4S/c1-14-5-8-17(9-6-14)28(25,26)23(2)15-7-10-19(21)18(12-15)20(24)22-13-16-4-3-11-27-16/h5-10,12,16H,3-4,11,13H2,1-2H3,(H,22,24)/t16-/m0/s1. The maximum atomic E-state index is 12.9. The van der Waals surface area contributed by atoms with E-state index in [9.17, 15) is 13.2 Å². The van der Waals surface area contributed by atoms with E-state index in [1.165, 1.54) is 19.2 Å². The SMILES string of the molecule is Cc1ccc(S(=O)(=O)N(C)c2ccc(Cl)c(C(=O)NC[C@@H]3CCCO3)c2)cc1. The van der Waals surface area contributed by atoms with Gasteiger partial charge in [0, 0.05) is 20.2 Å². The molecular weight excluding hydrogens is 400 g/mol. The van der Waals surface area contributed by atoms with Crippen molar-refractivity contribution in [3.05, 3.63) is 58.6 Å². The lowest BCUT2D eigenvalue weighted by molar-refractivity contribution is 0.0858. The molecule has 1 aliphatic rings. The van der Waals surface area contributed by atoms with Gasteiger partial charge in [-0.25, -0.2) is 8.42 Å². The number of carbonyl (C=O) groups is 1. The number of nitrogens with one attached hydrogen (secondary N) is 1. The van der Waals surface area contributed by atoms with E-state index in [0.29, 0.717) is 18.8 Å². The fourth-order valence-corrected chi connectivity index (χ4v) is 4.39. The van der Waals surface area contributed by atoms with Crippen LogP contribution in [0.3, 0.4) is 0 Å². The Morgan fingerprint density at radius 3 is 2.61 bits per heavy atom. The van der Waals surface area contributed by atoms with E-state index in [0.717, 1.165) is 22.7 Å². The summed E-state index contributed by atoms with van der Waals surface area (Å²) in [6.07, 6.45) is 1.90. The third-order valence-electron chi connectivity index (χ3n) is 4.75. The molecule has 0 spiro atoms. The first-order valence-corrected chi connectivity index (χ1v) is 10.9. The summed E-state index contributed by atoms with van der Waals surface area (Å²) in [6, 6.07) is 11.2. The van der Waals surface area contributed by atoms with Gasteiger partial charge >= 0.3 is 0 Å². The first-order valence-electron chi connectivity index (χ1n) is 9.04. The van der Waals surface area contributed by atoms with Crippen LogP contribution >= 0.6 is 11.6 Å². The van der Waals surface area contributed by atoms with Gasteiger partial charge in [-0.3, -0.25) is 9.10 Å². The lowest BCUT2D eigenvalue weighted by atomic mass is 10.1. The number of anilines is 1. The summed E-state index contributed by atoms with van der Waals surface area (Å²) in [5.41, 5.74) is 1.55. The highest BCUT2D eigenvalue weighted by Crippen LogP contribution is 2.27. The van der Waals surface area contributed by atoms with Crippen molar-refractivity contribution in [2.24, 2.45) is 0 Å². The van der Waals surface area contributed by atoms with Crippen LogP contribution in [-0.4, -0.2) is 40.6 Å². The largest absolute Gasteiger partial charge is 0.376 e. The van der Waals surface area contributed by atoms with Crippen molar-refractivity contribution in [3.8, 4) is 0 Å². The quantitative estimate of drug-likeness (QED) is 0.774. The maximum Gasteiger partial charge on any atom is 0.264 e. The van der Waals surface area contributed by atoms with Crippen LogP contribution < -0.4 is 9.62 Å². The molecule has 1 heterocycles. The number of ether oxygens (including phenoxy) is 1. The molecule has 1 saturated heterocycles. The predicted molar refractivity (Wildman–Crippen MR) is 110 cm³/mol. The molecule has 0 aromatic heterocycles. The average Bonchev–Trinajstić information content (AvgIpc) is 3.20. The number of sulfonamides is 1. The molecule has 0 aliphatic carbocycles. The third kappa shape index (κ3) is 4.48. The van der Waals surface area contributed by atoms with Crippen molar-refractivity contribution in [2.75, 3.05) is 24.5 Å². The van der Waals surface area contributed by atoms with Crippen molar-refractivity contribution in [2.45, 2.75) is 30.8 Å². The number of rotatable bonds is 6. The lowest BCUT2D eigenvalue weighted by Gasteiger charge is -2.21. The summed E-state index contributed by atoms with van der Waals surface area (Å²) in [4.78, 5) is 12.7. The monoisotopic (exact) mass is 422 g/mol. The zero-order valence-electron chi connectivity index (χ0n) is 15.8. The van der Waals surface area contributed by atoms with Gasteiger partial charge in [0.15, 0.2) is 0 Å². The number of nitrogens with zero attached hydrogens (tertiary/aromatic N) is 1. The summed E-state index contributed by atoms with van der Waals surface area (Å²) >= 11 is 6.18. The lowest BCUT2D eigenvalue weighted by Crippen LogP contribution is -2.32. The number of benzene rings is 2. The normalized spacial score (nSPS) is 16.8. The smallest absolute Gasteiger partial charge is 0.264 e. The average molecular weight is 423 g/mol. The molecule has 0 unspecified atom stereocenters. The number of hydrogen-bond donors (Lipinski definition) is 1. The maximum absolute atomic E-state index is 12.9. The highest BCUT2D eigenvalue weighted by atomic mass is 35.5. The molecular formula is C20H23ClN2O4S. The van der Waals surface area contributed by atoms with Crippen LogP contribution in [0.15, 0.2) is 47.4 Å². The summed E-state index contributed by atoms with van der Waals surface area (Å²) in [6.45, 7) is 3.00. The zero-order valence-corrected chi connectivity index (χ0v) is 17.4. The van der Waals surface area contributed by atoms with Gasteiger partial charge in [-0.05, 0) is 50.1 Å². The van der Waals surface area contributed by atoms with E-state index in [1.54, 1.807) is 30.3 Å². The molecule has 28 heavy (non-hydrogen) atoms. The van der Waals surface area contributed by atoms with Crippen LogP contribution in [0.5, 0.6) is 0 Å². The van der Waals surface area contributed by atoms with Crippen molar-refractivity contribution >= 4 is 33.2 Å². The molecule has 0 radical (unpaired) electrons. The van der Waals surface area contributed by atoms with Crippen molar-refractivity contribution < 1.29 is 17.9 Å². The second kappa shape index (κ2) is 8.51. The van der Waals surface area contributed by atoms with Crippen molar-refractivity contribution in [1.29, 1.82) is 0 Å². The van der Waals surface area contributed by atoms with Gasteiger partial charge in [0.05, 0.1) is 27.3 Å². The third-order valence-corrected chi connectivity index (χ3v) is 6.88. The van der Waals surface area contributed by atoms with Gasteiger partial charge in [-0.1, -0.05) is 29.3 Å². The number of aryl methyl sites for hydroxylation is 1. The molecule has 1 amide bonds. The van der Waals surface area contributed by atoms with E-state index < -0.39 is 10.0 Å². The van der Waals surface area contributed by atoms with Gasteiger partial charge in [-0.2, -0.15) is 0 Å². The van der Waals surface area contributed by atoms with E-state index in [4.69, 9.17) is 16.3 Å². The molecule has 0 saturated carbocycles. The van der Waals surface area contributed by atoms with E-state index in [1.807, 2.05) is 6.92 Å². The molecule has 0 bridgehead atoms. The molecule has 3 rings (SSSR count). The Bertz CT molecular complexity index is 955. The summed E-state index contributed by atoms with van der Waals surface area (Å²) in [5, 5.41) is 3.07. The molecule has 1 aliphatic heterocycles. The zero-order chi connectivity index (χ0) is 20.3. The van der Waals surface area contributed by atoms with Crippen LogP contribution in [0, 0.1) is 6.92 Å². The van der Waals surface area contributed by atoms with Crippen molar-refractivity contribution in [3.63, 3.8) is 0 Å². The molecule has 1 atom stereocenters. The van der Waals surface area contributed by atoms with Gasteiger partial charge < -0.3 is 10.1 Å². The van der Waals surface area contributed by atoms with Crippen LogP contribution in [0.2, 0.25) is 5.02 Å². The number of hydrogen-bond acceptors (Lipinski definition) is 4. The van der Waals surface area contributed by atoms with Crippen LogP contribution in [0.1, 0.15) is 28.8 Å². The summed E-state index contributed by atoms with van der Waals surface area (Å²) in [7, 11) is -2.30. The molecule has 1 N–H and O–H groups in total. The number of carbonyl (C=O) groups excluding carboxylic acids is 1. The molecule has 150 valence electrons. The first-order chi connectivity index (χ1) is 13.3. The fourth-order valence-electron chi connectivity index (χ4n) is 3.00. The van der Waals surface area contributed by atoms with Crippen LogP contribution in [0.4, 0.5) is 5.69 Å². The highest BCUT2D eigenvalue weighted by Gasteiger charge is 2.23. The fraction of sp³-hybridized carbons (Fsp3) is 0.350. The summed E-state index contributed by atoms with van der Waals surface area (Å²) in [5.74, 6) is -0.358. The highest BCUT2D eigenvalue weighted by molar-refractivity contribution is 7.92. The number of amides is 1. The first kappa shape index (κ1) is 20.6. The van der Waals surface area contributed by atoms with E-state index in [2.05, 4.69) is 5.32 Å². The Kier molecular flexibility index (Phi) is 6.27. The Labute approximate surface area is 170 Å². The Balaban J connectivity index is 1.81. The second-order valence-electron chi connectivity index (χ2n) is 6.79. The van der Waals surface area contributed by atoms with Gasteiger partial charge in [0.2, 0.25) is 0 Å². The van der Waals surface area contributed by atoms with E-state index >= 15 is 0 Å². The topological polar surface area (TPSA) is 75.7 Å². The minimum absolute atomic E-state index is 0.00972. The van der Waals surface area contributed by atoms with Crippen LogP contribution in [-0.2, 0) is 14.8 Å². The molecule has 8 heteroatoms. The minimum atomic E-state index is -3.75. The minimum Gasteiger partial charge on any atom is -0.376 e. The van der Waals surface area contributed by atoms with Gasteiger partial charge in [0.1, 0.15) is 0 Å². The summed E-state index contributed by atoms with van der Waals surface area (Å²) < 4.78 is 32.4. The van der Waals surface area contributed by atoms with Gasteiger partial charge in [-0.15, -0.1) is 0 Å². The van der Waals surface area contributed by atoms with Crippen LogP contribution in [0.25, 0.3) is 0 Å². The molecule has 2 aromatic rings. The Hall–Kier alpha value is -2.09.